The molecule has 1 amide bonds. The molecule has 0 saturated carbocycles. The third-order valence-electron chi connectivity index (χ3n) is 4.72. The lowest BCUT2D eigenvalue weighted by molar-refractivity contribution is 0.0983. The van der Waals surface area contributed by atoms with E-state index in [0.29, 0.717) is 6.54 Å². The number of halogens is 2. The predicted octanol–water partition coefficient (Wildman–Crippen LogP) is 5.62. The molecule has 0 spiro atoms. The first-order chi connectivity index (χ1) is 13.0. The van der Waals surface area contributed by atoms with Crippen LogP contribution in [0.3, 0.4) is 0 Å². The maximum absolute atomic E-state index is 13.4. The maximum atomic E-state index is 13.4. The quantitative estimate of drug-likeness (QED) is 0.373. The smallest absolute Gasteiger partial charge is 0.261 e. The second-order valence-corrected chi connectivity index (χ2v) is 8.55. The number of anilines is 1. The number of aromatic nitrogens is 1. The molecule has 0 fully saturated rings. The van der Waals surface area contributed by atoms with Gasteiger partial charge in [-0.25, -0.2) is 4.98 Å². The molecule has 0 unspecified atom stereocenters. The first kappa shape index (κ1) is 23.1. The minimum absolute atomic E-state index is 0. The molecule has 0 saturated heterocycles. The highest BCUT2D eigenvalue weighted by atomic mass is 127. The fraction of sp³-hybridized carbons (Fsp3) is 0.333. The van der Waals surface area contributed by atoms with Gasteiger partial charge in [0, 0.05) is 16.7 Å². The van der Waals surface area contributed by atoms with Crippen LogP contribution in [0.25, 0.3) is 10.2 Å². The van der Waals surface area contributed by atoms with E-state index < -0.39 is 0 Å². The minimum Gasteiger partial charge on any atom is -0.302 e. The lowest BCUT2D eigenvalue weighted by Crippen LogP contribution is -2.39. The number of likely N-dealkylation sites (N-methyl/N-ethyl adjacent to an activating group) is 1. The Labute approximate surface area is 190 Å². The van der Waals surface area contributed by atoms with Crippen molar-refractivity contribution in [1.82, 2.24) is 9.88 Å². The number of carbonyl (C=O) groups excluding carboxylic acids is 1. The van der Waals surface area contributed by atoms with Crippen LogP contribution >= 0.6 is 46.3 Å². The Morgan fingerprint density at radius 1 is 1.07 bits per heavy atom. The fourth-order valence-electron chi connectivity index (χ4n) is 3.04. The van der Waals surface area contributed by atoms with Crippen molar-refractivity contribution in [3.05, 3.63) is 57.2 Å². The third kappa shape index (κ3) is 5.03. The summed E-state index contributed by atoms with van der Waals surface area (Å²) in [4.78, 5) is 22.4. The van der Waals surface area contributed by atoms with E-state index in [1.54, 1.807) is 11.3 Å². The van der Waals surface area contributed by atoms with Gasteiger partial charge in [-0.2, -0.15) is 0 Å². The van der Waals surface area contributed by atoms with E-state index in [4.69, 9.17) is 4.98 Å². The van der Waals surface area contributed by atoms with Crippen molar-refractivity contribution >= 4 is 67.6 Å². The highest BCUT2D eigenvalue weighted by Crippen LogP contribution is 2.31. The first-order valence-electron chi connectivity index (χ1n) is 9.20. The van der Waals surface area contributed by atoms with Crippen LogP contribution in [-0.2, 0) is 0 Å². The molecule has 3 rings (SSSR count). The van der Waals surface area contributed by atoms with Crippen molar-refractivity contribution in [2.45, 2.75) is 20.8 Å². The summed E-state index contributed by atoms with van der Waals surface area (Å²) in [6.07, 6.45) is 0. The number of amides is 1. The van der Waals surface area contributed by atoms with Gasteiger partial charge in [-0.3, -0.25) is 9.69 Å². The molecule has 1 aromatic heterocycles. The monoisotopic (exact) mass is 529 g/mol. The van der Waals surface area contributed by atoms with Crippen molar-refractivity contribution < 1.29 is 4.79 Å². The van der Waals surface area contributed by atoms with Gasteiger partial charge < -0.3 is 4.90 Å². The average molecular weight is 530 g/mol. The van der Waals surface area contributed by atoms with Crippen LogP contribution in [0, 0.1) is 10.5 Å². The Kier molecular flexibility index (Phi) is 8.67. The zero-order chi connectivity index (χ0) is 19.4. The highest BCUT2D eigenvalue weighted by molar-refractivity contribution is 14.1. The Hall–Kier alpha value is -1.22. The second kappa shape index (κ2) is 10.5. The van der Waals surface area contributed by atoms with Crippen LogP contribution in [0.4, 0.5) is 5.13 Å². The predicted molar refractivity (Wildman–Crippen MR) is 130 cm³/mol. The third-order valence-corrected chi connectivity index (χ3v) is 6.71. The molecule has 3 aromatic rings. The van der Waals surface area contributed by atoms with Crippen LogP contribution in [0.2, 0.25) is 0 Å². The lowest BCUT2D eigenvalue weighted by Gasteiger charge is -2.25. The van der Waals surface area contributed by atoms with Gasteiger partial charge in [-0.1, -0.05) is 49.4 Å². The van der Waals surface area contributed by atoms with Crippen molar-refractivity contribution in [1.29, 1.82) is 0 Å². The van der Waals surface area contributed by atoms with Crippen molar-refractivity contribution in [3.8, 4) is 0 Å². The molecule has 28 heavy (non-hydrogen) atoms. The van der Waals surface area contributed by atoms with Gasteiger partial charge in [0.15, 0.2) is 5.13 Å². The molecule has 0 aliphatic heterocycles. The van der Waals surface area contributed by atoms with Crippen molar-refractivity contribution in [2.24, 2.45) is 0 Å². The second-order valence-electron chi connectivity index (χ2n) is 6.38. The van der Waals surface area contributed by atoms with Crippen LogP contribution in [0.5, 0.6) is 0 Å². The van der Waals surface area contributed by atoms with Crippen molar-refractivity contribution in [2.75, 3.05) is 31.1 Å². The molecule has 0 bridgehead atoms. The fourth-order valence-corrected chi connectivity index (χ4v) is 4.72. The van der Waals surface area contributed by atoms with E-state index in [0.717, 1.165) is 49.7 Å². The molecule has 0 N–H and O–H groups in total. The molecule has 150 valence electrons. The summed E-state index contributed by atoms with van der Waals surface area (Å²) in [6.45, 7) is 9.77. The molecule has 7 heteroatoms. The Balaban J connectivity index is 0.00000280. The number of aryl methyl sites for hydroxylation is 1. The molecular formula is C21H25ClIN3OS. The number of hydrogen-bond acceptors (Lipinski definition) is 4. The van der Waals surface area contributed by atoms with Crippen molar-refractivity contribution in [3.63, 3.8) is 0 Å². The molecule has 0 aliphatic rings. The summed E-state index contributed by atoms with van der Waals surface area (Å²) in [7, 11) is 0. The van der Waals surface area contributed by atoms with Crippen LogP contribution in [0.1, 0.15) is 29.8 Å². The summed E-state index contributed by atoms with van der Waals surface area (Å²) in [5.74, 6) is 0.0175. The summed E-state index contributed by atoms with van der Waals surface area (Å²) >= 11 is 3.82. The largest absolute Gasteiger partial charge is 0.302 e. The number of thiazole rings is 1. The van der Waals surface area contributed by atoms with Crippen LogP contribution in [0.15, 0.2) is 42.5 Å². The van der Waals surface area contributed by atoms with Gasteiger partial charge in [0.05, 0.1) is 15.8 Å². The molecule has 0 radical (unpaired) electrons. The highest BCUT2D eigenvalue weighted by Gasteiger charge is 2.23. The Bertz CT molecular complexity index is 942. The zero-order valence-corrected chi connectivity index (χ0v) is 20.1. The van der Waals surface area contributed by atoms with E-state index in [1.165, 1.54) is 0 Å². The number of nitrogens with zero attached hydrogens (tertiary/aromatic N) is 3. The standard InChI is InChI=1S/C21H24IN3OS.ClH/c1-4-24(5-2)13-14-25(20(26)16-10-6-7-11-17(16)22)21-23-19-15(3)9-8-12-18(19)27-21;/h6-12H,4-5,13-14H2,1-3H3;1H. The molecule has 0 aliphatic carbocycles. The van der Waals surface area contributed by atoms with Crippen LogP contribution in [-0.4, -0.2) is 42.0 Å². The molecule has 0 atom stereocenters. The molecular weight excluding hydrogens is 505 g/mol. The SMILES string of the molecule is CCN(CC)CCN(C(=O)c1ccccc1I)c1nc2c(C)cccc2s1.Cl. The Morgan fingerprint density at radius 3 is 2.43 bits per heavy atom. The number of carbonyl (C=O) groups is 1. The molecule has 2 aromatic carbocycles. The van der Waals surface area contributed by atoms with E-state index in [9.17, 15) is 4.79 Å². The number of fused-ring (bicyclic) bond motifs is 1. The van der Waals surface area contributed by atoms with E-state index >= 15 is 0 Å². The summed E-state index contributed by atoms with van der Waals surface area (Å²) in [5, 5.41) is 0.774. The molecule has 4 nitrogen and oxygen atoms in total. The van der Waals surface area contributed by atoms with E-state index in [-0.39, 0.29) is 18.3 Å². The van der Waals surface area contributed by atoms with Gasteiger partial charge in [-0.15, -0.1) is 12.4 Å². The number of rotatable bonds is 7. The normalized spacial score (nSPS) is 10.9. The number of hydrogen-bond donors (Lipinski definition) is 0. The average Bonchev–Trinajstić information content (AvgIpc) is 3.10. The van der Waals surface area contributed by atoms with E-state index in [2.05, 4.69) is 60.4 Å². The van der Waals surface area contributed by atoms with Gasteiger partial charge >= 0.3 is 0 Å². The van der Waals surface area contributed by atoms with E-state index in [1.807, 2.05) is 35.2 Å². The molecule has 1 heterocycles. The maximum Gasteiger partial charge on any atom is 0.261 e. The summed E-state index contributed by atoms with van der Waals surface area (Å²) in [5.41, 5.74) is 2.86. The van der Waals surface area contributed by atoms with Gasteiger partial charge in [-0.05, 0) is 66.4 Å². The first-order valence-corrected chi connectivity index (χ1v) is 11.1. The van der Waals surface area contributed by atoms with Gasteiger partial charge in [0.1, 0.15) is 0 Å². The summed E-state index contributed by atoms with van der Waals surface area (Å²) in [6, 6.07) is 13.9. The lowest BCUT2D eigenvalue weighted by atomic mass is 10.2. The number of para-hydroxylation sites is 1. The topological polar surface area (TPSA) is 36.4 Å². The van der Waals surface area contributed by atoms with Gasteiger partial charge in [0.25, 0.3) is 5.91 Å². The number of benzene rings is 2. The zero-order valence-electron chi connectivity index (χ0n) is 16.3. The van der Waals surface area contributed by atoms with Crippen LogP contribution < -0.4 is 4.90 Å². The Morgan fingerprint density at radius 2 is 1.79 bits per heavy atom. The summed E-state index contributed by atoms with van der Waals surface area (Å²) < 4.78 is 2.08. The minimum atomic E-state index is 0. The van der Waals surface area contributed by atoms with Gasteiger partial charge in [0.2, 0.25) is 0 Å².